The molecular formula is C28H32N6O6S. The predicted octanol–water partition coefficient (Wildman–Crippen LogP) is 2.27. The molecule has 3 fully saturated rings. The molecule has 6 rings (SSSR count). The van der Waals surface area contributed by atoms with Crippen LogP contribution in [0.4, 0.5) is 11.4 Å². The number of aromatic nitrogens is 2. The van der Waals surface area contributed by atoms with E-state index in [-0.39, 0.29) is 23.3 Å². The Labute approximate surface area is 237 Å². The van der Waals surface area contributed by atoms with Gasteiger partial charge in [-0.15, -0.1) is 0 Å². The Kier molecular flexibility index (Phi) is 7.02. The molecule has 3 saturated heterocycles. The van der Waals surface area contributed by atoms with E-state index in [1.54, 1.807) is 4.68 Å². The Morgan fingerprint density at radius 2 is 1.76 bits per heavy atom. The van der Waals surface area contributed by atoms with E-state index in [0.29, 0.717) is 43.0 Å². The van der Waals surface area contributed by atoms with E-state index in [1.807, 2.05) is 19.2 Å². The number of hydrogen-bond acceptors (Lipinski definition) is 9. The number of nitro benzene ring substituents is 1. The van der Waals surface area contributed by atoms with E-state index in [9.17, 15) is 28.1 Å². The van der Waals surface area contributed by atoms with Crippen molar-refractivity contribution in [2.24, 2.45) is 7.05 Å². The number of anilines is 1. The number of amides is 2. The van der Waals surface area contributed by atoms with Gasteiger partial charge in [0.15, 0.2) is 9.84 Å². The van der Waals surface area contributed by atoms with E-state index < -0.39 is 25.9 Å². The molecule has 13 heteroatoms. The molecule has 12 nitrogen and oxygen atoms in total. The number of piperidine rings is 2. The molecule has 0 saturated carbocycles. The first-order valence-electron chi connectivity index (χ1n) is 13.8. The standard InChI is InChI=1S/C28H32N6O6S/c1-31-25-14-20(6-7-23(25)27(30-31)24-8-9-26(35)29-28(24)36)33-15-21(16-33)32-12-10-22(11-13-32)41(39,40)17-18-2-4-19(5-3-18)34(37)38/h2-7,14,21-22,24H,8-13,15-17H2,1H3,(H,29,35,36). The number of rotatable bonds is 7. The number of sulfone groups is 1. The summed E-state index contributed by atoms with van der Waals surface area (Å²) in [4.78, 5) is 39.0. The summed E-state index contributed by atoms with van der Waals surface area (Å²) >= 11 is 0. The van der Waals surface area contributed by atoms with Crippen LogP contribution in [0.3, 0.4) is 0 Å². The molecule has 0 aliphatic carbocycles. The Hall–Kier alpha value is -3.84. The van der Waals surface area contributed by atoms with Gasteiger partial charge in [0.25, 0.3) is 5.69 Å². The highest BCUT2D eigenvalue weighted by Crippen LogP contribution is 2.34. The first kappa shape index (κ1) is 27.3. The fraction of sp³-hybridized carbons (Fsp3) is 0.464. The van der Waals surface area contributed by atoms with E-state index in [1.165, 1.54) is 24.3 Å². The number of fused-ring (bicyclic) bond motifs is 1. The molecule has 1 unspecified atom stereocenters. The molecular weight excluding hydrogens is 548 g/mol. The summed E-state index contributed by atoms with van der Waals surface area (Å²) in [5.41, 5.74) is 3.23. The lowest BCUT2D eigenvalue weighted by Crippen LogP contribution is -2.61. The number of imide groups is 1. The minimum absolute atomic E-state index is 0.0498. The third-order valence-electron chi connectivity index (χ3n) is 8.68. The van der Waals surface area contributed by atoms with Gasteiger partial charge in [-0.25, -0.2) is 8.42 Å². The van der Waals surface area contributed by atoms with Gasteiger partial charge in [0, 0.05) is 55.8 Å². The number of carbonyl (C=O) groups excluding carboxylic acids is 2. The van der Waals surface area contributed by atoms with Gasteiger partial charge in [-0.1, -0.05) is 12.1 Å². The Bertz CT molecular complexity index is 1620. The van der Waals surface area contributed by atoms with Crippen LogP contribution in [0.1, 0.15) is 42.9 Å². The van der Waals surface area contributed by atoms with E-state index in [2.05, 4.69) is 26.3 Å². The zero-order chi connectivity index (χ0) is 28.9. The summed E-state index contributed by atoms with van der Waals surface area (Å²) in [5, 5.41) is 18.4. The lowest BCUT2D eigenvalue weighted by Gasteiger charge is -2.48. The lowest BCUT2D eigenvalue weighted by atomic mass is 9.92. The monoisotopic (exact) mass is 580 g/mol. The number of nitro groups is 1. The number of nitrogens with zero attached hydrogens (tertiary/aromatic N) is 5. The second-order valence-electron chi connectivity index (χ2n) is 11.2. The summed E-state index contributed by atoms with van der Waals surface area (Å²) < 4.78 is 27.9. The average Bonchev–Trinajstić information content (AvgIpc) is 3.23. The average molecular weight is 581 g/mol. The van der Waals surface area contributed by atoms with E-state index >= 15 is 0 Å². The van der Waals surface area contributed by atoms with Gasteiger partial charge in [-0.05, 0) is 56.1 Å². The van der Waals surface area contributed by atoms with Crippen molar-refractivity contribution in [2.45, 2.75) is 48.6 Å². The molecule has 216 valence electrons. The third-order valence-corrected chi connectivity index (χ3v) is 10.9. The van der Waals surface area contributed by atoms with Gasteiger partial charge in [-0.3, -0.25) is 34.6 Å². The maximum Gasteiger partial charge on any atom is 0.269 e. The minimum Gasteiger partial charge on any atom is -0.368 e. The second-order valence-corrected chi connectivity index (χ2v) is 13.5. The van der Waals surface area contributed by atoms with E-state index in [0.717, 1.165) is 42.8 Å². The van der Waals surface area contributed by atoms with Crippen LogP contribution in [-0.4, -0.2) is 77.3 Å². The summed E-state index contributed by atoms with van der Waals surface area (Å²) in [5.74, 6) is -1.07. The smallest absolute Gasteiger partial charge is 0.269 e. The van der Waals surface area contributed by atoms with Crippen LogP contribution >= 0.6 is 0 Å². The number of aryl methyl sites for hydroxylation is 1. The molecule has 2 amide bonds. The van der Waals surface area contributed by atoms with Gasteiger partial charge < -0.3 is 4.90 Å². The predicted molar refractivity (Wildman–Crippen MR) is 152 cm³/mol. The number of non-ortho nitro benzene ring substituents is 1. The van der Waals surface area contributed by atoms with Crippen molar-refractivity contribution >= 4 is 43.9 Å². The van der Waals surface area contributed by atoms with Crippen LogP contribution in [0, 0.1) is 10.1 Å². The molecule has 1 aromatic heterocycles. The van der Waals surface area contributed by atoms with Crippen molar-refractivity contribution < 1.29 is 22.9 Å². The number of benzene rings is 2. The van der Waals surface area contributed by atoms with Gasteiger partial charge in [0.05, 0.1) is 33.1 Å². The summed E-state index contributed by atoms with van der Waals surface area (Å²) in [6.07, 6.45) is 1.93. The Morgan fingerprint density at radius 3 is 2.41 bits per heavy atom. The van der Waals surface area contributed by atoms with Crippen LogP contribution < -0.4 is 10.2 Å². The molecule has 0 radical (unpaired) electrons. The zero-order valence-corrected chi connectivity index (χ0v) is 23.5. The molecule has 3 aliphatic heterocycles. The first-order chi connectivity index (χ1) is 19.6. The summed E-state index contributed by atoms with van der Waals surface area (Å²) in [7, 11) is -1.49. The largest absolute Gasteiger partial charge is 0.368 e. The van der Waals surface area contributed by atoms with Crippen LogP contribution in [-0.2, 0) is 32.2 Å². The Balaban J connectivity index is 1.04. The molecule has 0 spiro atoms. The van der Waals surface area contributed by atoms with Crippen molar-refractivity contribution in [2.75, 3.05) is 31.1 Å². The van der Waals surface area contributed by atoms with Crippen molar-refractivity contribution in [3.05, 3.63) is 63.8 Å². The van der Waals surface area contributed by atoms with Crippen molar-refractivity contribution in [1.29, 1.82) is 0 Å². The van der Waals surface area contributed by atoms with Crippen LogP contribution in [0.2, 0.25) is 0 Å². The number of carbonyl (C=O) groups is 2. The summed E-state index contributed by atoms with van der Waals surface area (Å²) in [6.45, 7) is 3.14. The molecule has 0 bridgehead atoms. The first-order valence-corrected chi connectivity index (χ1v) is 15.5. The quantitative estimate of drug-likeness (QED) is 0.252. The maximum atomic E-state index is 13.0. The fourth-order valence-corrected chi connectivity index (χ4v) is 8.07. The molecule has 1 atom stereocenters. The zero-order valence-electron chi connectivity index (χ0n) is 22.7. The normalized spacial score (nSPS) is 21.2. The van der Waals surface area contributed by atoms with Crippen LogP contribution in [0.5, 0.6) is 0 Å². The topological polar surface area (TPSA) is 148 Å². The Morgan fingerprint density at radius 1 is 1.05 bits per heavy atom. The second kappa shape index (κ2) is 10.5. The number of nitrogens with one attached hydrogen (secondary N) is 1. The number of likely N-dealkylation sites (tertiary alicyclic amines) is 1. The highest BCUT2D eigenvalue weighted by atomic mass is 32.2. The van der Waals surface area contributed by atoms with Crippen molar-refractivity contribution in [3.8, 4) is 0 Å². The highest BCUT2D eigenvalue weighted by Gasteiger charge is 2.37. The molecule has 4 heterocycles. The minimum atomic E-state index is -3.36. The maximum absolute atomic E-state index is 13.0. The lowest BCUT2D eigenvalue weighted by molar-refractivity contribution is -0.384. The van der Waals surface area contributed by atoms with E-state index in [4.69, 9.17) is 0 Å². The van der Waals surface area contributed by atoms with Gasteiger partial charge in [-0.2, -0.15) is 5.10 Å². The van der Waals surface area contributed by atoms with Crippen LogP contribution in [0.25, 0.3) is 10.9 Å². The van der Waals surface area contributed by atoms with Gasteiger partial charge >= 0.3 is 0 Å². The van der Waals surface area contributed by atoms with Crippen molar-refractivity contribution in [3.63, 3.8) is 0 Å². The molecule has 2 aromatic carbocycles. The SMILES string of the molecule is Cn1nc(C2CCC(=O)NC2=O)c2ccc(N3CC(N4CCC(S(=O)(=O)Cc5ccc([N+](=O)[O-])cc5)CC4)C3)cc21. The molecule has 41 heavy (non-hydrogen) atoms. The molecule has 3 aromatic rings. The van der Waals surface area contributed by atoms with Crippen LogP contribution in [0.15, 0.2) is 42.5 Å². The molecule has 1 N–H and O–H groups in total. The fourth-order valence-electron chi connectivity index (χ4n) is 6.24. The molecule has 3 aliphatic rings. The third kappa shape index (κ3) is 5.31. The van der Waals surface area contributed by atoms with Gasteiger partial charge in [0.2, 0.25) is 11.8 Å². The number of hydrogen-bond donors (Lipinski definition) is 1. The highest BCUT2D eigenvalue weighted by molar-refractivity contribution is 7.91. The summed E-state index contributed by atoms with van der Waals surface area (Å²) in [6, 6.07) is 12.2. The van der Waals surface area contributed by atoms with Gasteiger partial charge in [0.1, 0.15) is 0 Å². The van der Waals surface area contributed by atoms with Crippen molar-refractivity contribution in [1.82, 2.24) is 20.0 Å².